The van der Waals surface area contributed by atoms with Crippen LogP contribution in [0.25, 0.3) is 10.9 Å². The standard InChI is InChI=1S/C20H20N4O3/c1-13-7-8-16(18(9-13)27-2)20(26)23-22-10-14-11-24(12-19(21)25)17-6-4-3-5-15(14)17/h3-11H,12H2,1-2H3,(H2,21,25)(H,23,26). The smallest absolute Gasteiger partial charge is 0.275 e. The Morgan fingerprint density at radius 2 is 2.04 bits per heavy atom. The number of carbonyl (C=O) groups is 2. The third-order valence-electron chi connectivity index (χ3n) is 4.12. The van der Waals surface area contributed by atoms with E-state index in [9.17, 15) is 9.59 Å². The van der Waals surface area contributed by atoms with Crippen LogP contribution in [-0.2, 0) is 11.3 Å². The number of aromatic nitrogens is 1. The third-order valence-corrected chi connectivity index (χ3v) is 4.12. The van der Waals surface area contributed by atoms with Crippen LogP contribution in [0.3, 0.4) is 0 Å². The second-order valence-electron chi connectivity index (χ2n) is 6.10. The van der Waals surface area contributed by atoms with E-state index in [1.807, 2.05) is 37.3 Å². The fourth-order valence-corrected chi connectivity index (χ4v) is 2.88. The summed E-state index contributed by atoms with van der Waals surface area (Å²) < 4.78 is 7.00. The van der Waals surface area contributed by atoms with Crippen molar-refractivity contribution >= 4 is 28.9 Å². The predicted octanol–water partition coefficient (Wildman–Crippen LogP) is 2.21. The third kappa shape index (κ3) is 3.98. The van der Waals surface area contributed by atoms with E-state index in [2.05, 4.69) is 10.5 Å². The van der Waals surface area contributed by atoms with Crippen LogP contribution in [0.5, 0.6) is 5.75 Å². The Morgan fingerprint density at radius 1 is 1.26 bits per heavy atom. The molecule has 0 aliphatic rings. The van der Waals surface area contributed by atoms with Crippen LogP contribution in [0.15, 0.2) is 53.8 Å². The van der Waals surface area contributed by atoms with E-state index in [-0.39, 0.29) is 12.5 Å². The fourth-order valence-electron chi connectivity index (χ4n) is 2.88. The number of nitrogens with two attached hydrogens (primary N) is 1. The van der Waals surface area contributed by atoms with E-state index in [0.29, 0.717) is 11.3 Å². The van der Waals surface area contributed by atoms with E-state index in [1.165, 1.54) is 7.11 Å². The van der Waals surface area contributed by atoms with Crippen molar-refractivity contribution in [1.82, 2.24) is 9.99 Å². The molecule has 3 N–H and O–H groups in total. The molecule has 1 aromatic heterocycles. The Bertz CT molecular complexity index is 1040. The van der Waals surface area contributed by atoms with Crippen molar-refractivity contribution in [3.8, 4) is 5.75 Å². The lowest BCUT2D eigenvalue weighted by Crippen LogP contribution is -2.18. The van der Waals surface area contributed by atoms with Gasteiger partial charge in [-0.2, -0.15) is 5.10 Å². The summed E-state index contributed by atoms with van der Waals surface area (Å²) in [6.07, 6.45) is 3.32. The second kappa shape index (κ2) is 7.74. The van der Waals surface area contributed by atoms with Gasteiger partial charge in [0.2, 0.25) is 5.91 Å². The topological polar surface area (TPSA) is 98.7 Å². The first kappa shape index (κ1) is 18.2. The molecule has 3 aromatic rings. The zero-order chi connectivity index (χ0) is 19.4. The van der Waals surface area contributed by atoms with E-state index in [1.54, 1.807) is 29.1 Å². The number of hydrogen-bond donors (Lipinski definition) is 2. The second-order valence-corrected chi connectivity index (χ2v) is 6.10. The molecule has 0 aliphatic heterocycles. The molecule has 0 bridgehead atoms. The number of rotatable bonds is 6. The summed E-state index contributed by atoms with van der Waals surface area (Å²) >= 11 is 0. The minimum atomic E-state index is -0.431. The number of aryl methyl sites for hydroxylation is 1. The summed E-state index contributed by atoms with van der Waals surface area (Å²) in [6, 6.07) is 12.9. The first-order chi connectivity index (χ1) is 13.0. The number of ether oxygens (including phenoxy) is 1. The molecule has 0 saturated heterocycles. The number of fused-ring (bicyclic) bond motifs is 1. The molecule has 0 fully saturated rings. The summed E-state index contributed by atoms with van der Waals surface area (Å²) in [7, 11) is 1.52. The lowest BCUT2D eigenvalue weighted by molar-refractivity contribution is -0.118. The molecule has 0 spiro atoms. The number of amides is 2. The summed E-state index contributed by atoms with van der Waals surface area (Å²) in [5, 5.41) is 4.96. The number of benzene rings is 2. The number of hydrazone groups is 1. The summed E-state index contributed by atoms with van der Waals surface area (Å²) in [5.41, 5.74) is 10.8. The van der Waals surface area contributed by atoms with Gasteiger partial charge in [0.05, 0.1) is 18.9 Å². The lowest BCUT2D eigenvalue weighted by atomic mass is 10.1. The average molecular weight is 364 g/mol. The Morgan fingerprint density at radius 3 is 2.78 bits per heavy atom. The minimum Gasteiger partial charge on any atom is -0.496 e. The Hall–Kier alpha value is -3.61. The molecule has 27 heavy (non-hydrogen) atoms. The first-order valence-electron chi connectivity index (χ1n) is 8.34. The van der Waals surface area contributed by atoms with Crippen molar-refractivity contribution in [2.24, 2.45) is 10.8 Å². The summed E-state index contributed by atoms with van der Waals surface area (Å²) in [4.78, 5) is 23.6. The highest BCUT2D eigenvalue weighted by Crippen LogP contribution is 2.21. The predicted molar refractivity (Wildman–Crippen MR) is 104 cm³/mol. The number of nitrogens with one attached hydrogen (secondary N) is 1. The van der Waals surface area contributed by atoms with Gasteiger partial charge in [0, 0.05) is 22.7 Å². The number of methoxy groups -OCH3 is 1. The molecule has 0 saturated carbocycles. The minimum absolute atomic E-state index is 0.0707. The number of carbonyl (C=O) groups excluding carboxylic acids is 2. The average Bonchev–Trinajstić information content (AvgIpc) is 2.98. The summed E-state index contributed by atoms with van der Waals surface area (Å²) in [5.74, 6) is -0.316. The van der Waals surface area contributed by atoms with Gasteiger partial charge in [0.1, 0.15) is 12.3 Å². The van der Waals surface area contributed by atoms with Gasteiger partial charge in [-0.15, -0.1) is 0 Å². The molecule has 0 aliphatic carbocycles. The quantitative estimate of drug-likeness (QED) is 0.518. The van der Waals surface area contributed by atoms with Crippen LogP contribution in [0.4, 0.5) is 0 Å². The van der Waals surface area contributed by atoms with Crippen molar-refractivity contribution in [2.45, 2.75) is 13.5 Å². The highest BCUT2D eigenvalue weighted by atomic mass is 16.5. The van der Waals surface area contributed by atoms with E-state index in [0.717, 1.165) is 22.0 Å². The maximum absolute atomic E-state index is 12.4. The molecule has 3 rings (SSSR count). The van der Waals surface area contributed by atoms with Crippen LogP contribution in [0, 0.1) is 6.92 Å². The van der Waals surface area contributed by atoms with Crippen LogP contribution in [-0.4, -0.2) is 29.7 Å². The monoisotopic (exact) mass is 364 g/mol. The molecule has 0 radical (unpaired) electrons. The van der Waals surface area contributed by atoms with Crippen molar-refractivity contribution in [3.63, 3.8) is 0 Å². The highest BCUT2D eigenvalue weighted by molar-refractivity contribution is 6.01. The van der Waals surface area contributed by atoms with Gasteiger partial charge >= 0.3 is 0 Å². The Labute approximate surface area is 156 Å². The van der Waals surface area contributed by atoms with Gasteiger partial charge < -0.3 is 15.0 Å². The van der Waals surface area contributed by atoms with Crippen molar-refractivity contribution in [3.05, 3.63) is 65.4 Å². The Balaban J connectivity index is 1.83. The van der Waals surface area contributed by atoms with Crippen LogP contribution < -0.4 is 15.9 Å². The SMILES string of the molecule is COc1cc(C)ccc1C(=O)NN=Cc1cn(CC(N)=O)c2ccccc12. The van der Waals surface area contributed by atoms with Gasteiger partial charge in [0.15, 0.2) is 0 Å². The summed E-state index contributed by atoms with van der Waals surface area (Å²) in [6.45, 7) is 1.99. The zero-order valence-electron chi connectivity index (χ0n) is 15.1. The van der Waals surface area contributed by atoms with Crippen LogP contribution >= 0.6 is 0 Å². The van der Waals surface area contributed by atoms with Gasteiger partial charge in [0.25, 0.3) is 5.91 Å². The normalized spacial score (nSPS) is 11.0. The molecule has 0 atom stereocenters. The van der Waals surface area contributed by atoms with Crippen LogP contribution in [0.2, 0.25) is 0 Å². The van der Waals surface area contributed by atoms with Gasteiger partial charge in [-0.25, -0.2) is 5.43 Å². The van der Waals surface area contributed by atoms with E-state index < -0.39 is 5.91 Å². The number of para-hydroxylation sites is 1. The molecule has 138 valence electrons. The van der Waals surface area contributed by atoms with Crippen molar-refractivity contribution < 1.29 is 14.3 Å². The van der Waals surface area contributed by atoms with Crippen LogP contribution in [0.1, 0.15) is 21.5 Å². The number of nitrogens with zero attached hydrogens (tertiary/aromatic N) is 2. The zero-order valence-corrected chi connectivity index (χ0v) is 15.1. The van der Waals surface area contributed by atoms with Gasteiger partial charge in [-0.3, -0.25) is 9.59 Å². The maximum Gasteiger partial charge on any atom is 0.275 e. The molecule has 2 aromatic carbocycles. The number of hydrogen-bond acceptors (Lipinski definition) is 4. The first-order valence-corrected chi connectivity index (χ1v) is 8.34. The molecular weight excluding hydrogens is 344 g/mol. The van der Waals surface area contributed by atoms with Crippen molar-refractivity contribution in [2.75, 3.05) is 7.11 Å². The van der Waals surface area contributed by atoms with Gasteiger partial charge in [-0.1, -0.05) is 24.3 Å². The van der Waals surface area contributed by atoms with Crippen molar-refractivity contribution in [1.29, 1.82) is 0 Å². The molecule has 1 heterocycles. The molecule has 7 nitrogen and oxygen atoms in total. The molecule has 7 heteroatoms. The Kier molecular flexibility index (Phi) is 5.21. The van der Waals surface area contributed by atoms with E-state index in [4.69, 9.17) is 10.5 Å². The number of primary amides is 1. The van der Waals surface area contributed by atoms with E-state index >= 15 is 0 Å². The molecular formula is C20H20N4O3. The largest absolute Gasteiger partial charge is 0.496 e. The fraction of sp³-hybridized carbons (Fsp3) is 0.150. The lowest BCUT2D eigenvalue weighted by Gasteiger charge is -2.07. The molecule has 2 amide bonds. The maximum atomic E-state index is 12.4. The van der Waals surface area contributed by atoms with Gasteiger partial charge in [-0.05, 0) is 30.7 Å². The molecule has 0 unspecified atom stereocenters. The highest BCUT2D eigenvalue weighted by Gasteiger charge is 2.12.